The average Bonchev–Trinajstić information content (AvgIpc) is 3.47. The molecule has 2 aromatic rings. The number of nitrogens with one attached hydrogen (secondary N) is 1. The quantitative estimate of drug-likeness (QED) is 0.920. The molecule has 2 aliphatic rings. The second-order valence-electron chi connectivity index (χ2n) is 7.05. The van der Waals surface area contributed by atoms with Crippen LogP contribution in [0.5, 0.6) is 5.75 Å². The number of para-hydroxylation sites is 1. The molecule has 0 aromatic heterocycles. The summed E-state index contributed by atoms with van der Waals surface area (Å²) in [5.41, 5.74) is 3.70. The van der Waals surface area contributed by atoms with Gasteiger partial charge in [-0.2, -0.15) is 0 Å². The predicted octanol–water partition coefficient (Wildman–Crippen LogP) is 3.89. The molecule has 1 heterocycles. The van der Waals surface area contributed by atoms with Gasteiger partial charge in [-0.15, -0.1) is 0 Å². The lowest BCUT2D eigenvalue weighted by molar-refractivity contribution is 0.244. The number of ether oxygens (including phenoxy) is 1. The van der Waals surface area contributed by atoms with Gasteiger partial charge in [0, 0.05) is 24.2 Å². The lowest BCUT2D eigenvalue weighted by Crippen LogP contribution is -2.45. The topological polar surface area (TPSA) is 41.6 Å². The van der Waals surface area contributed by atoms with Crippen LogP contribution in [0.4, 0.5) is 10.5 Å². The maximum absolute atomic E-state index is 12.8. The number of amides is 2. The fourth-order valence-electron chi connectivity index (χ4n) is 3.75. The predicted molar refractivity (Wildman–Crippen MR) is 99.4 cm³/mol. The molecule has 1 aliphatic heterocycles. The second-order valence-corrected chi connectivity index (χ2v) is 7.05. The molecule has 4 heteroatoms. The van der Waals surface area contributed by atoms with Crippen LogP contribution in [0.25, 0.3) is 0 Å². The number of rotatable bonds is 4. The number of aryl methyl sites for hydroxylation is 1. The minimum absolute atomic E-state index is 0.0203. The van der Waals surface area contributed by atoms with Gasteiger partial charge in [0.15, 0.2) is 0 Å². The summed E-state index contributed by atoms with van der Waals surface area (Å²) in [6.45, 7) is 1.48. The molecule has 1 aliphatic carbocycles. The summed E-state index contributed by atoms with van der Waals surface area (Å²) < 4.78 is 5.24. The molecule has 0 radical (unpaired) electrons. The van der Waals surface area contributed by atoms with E-state index < -0.39 is 0 Å². The molecule has 1 fully saturated rings. The molecule has 0 unspecified atom stereocenters. The molecular weight excluding hydrogens is 312 g/mol. The zero-order valence-electron chi connectivity index (χ0n) is 14.6. The summed E-state index contributed by atoms with van der Waals surface area (Å²) in [7, 11) is 1.68. The molecule has 1 N–H and O–H groups in total. The maximum Gasteiger partial charge on any atom is 0.321 e. The lowest BCUT2D eigenvalue weighted by Gasteiger charge is -2.30. The van der Waals surface area contributed by atoms with Crippen molar-refractivity contribution in [2.75, 3.05) is 25.1 Å². The summed E-state index contributed by atoms with van der Waals surface area (Å²) >= 11 is 0. The van der Waals surface area contributed by atoms with E-state index in [1.165, 1.54) is 11.1 Å². The van der Waals surface area contributed by atoms with Crippen LogP contribution in [0, 0.1) is 0 Å². The van der Waals surface area contributed by atoms with E-state index in [1.54, 1.807) is 7.11 Å². The van der Waals surface area contributed by atoms with Crippen LogP contribution in [0.3, 0.4) is 0 Å². The van der Waals surface area contributed by atoms with Crippen molar-refractivity contribution in [3.8, 4) is 5.75 Å². The summed E-state index contributed by atoms with van der Waals surface area (Å²) in [6.07, 6.45) is 4.32. The van der Waals surface area contributed by atoms with Gasteiger partial charge in [0.25, 0.3) is 0 Å². The standard InChI is InChI=1S/C21H24N2O2/c1-25-18-10-8-17(9-11-18)21(12-13-21)15-22-20(24)23-14-4-6-16-5-2-3-7-19(16)23/h2-3,5,7-11H,4,6,12-15H2,1H3,(H,22,24). The van der Waals surface area contributed by atoms with E-state index in [-0.39, 0.29) is 11.4 Å². The Bertz CT molecular complexity index is 766. The molecule has 0 saturated heterocycles. The number of fused-ring (bicyclic) bond motifs is 1. The average molecular weight is 336 g/mol. The number of nitrogens with zero attached hydrogens (tertiary/aromatic N) is 1. The number of hydrogen-bond donors (Lipinski definition) is 1. The molecule has 4 nitrogen and oxygen atoms in total. The first-order valence-electron chi connectivity index (χ1n) is 9.00. The highest BCUT2D eigenvalue weighted by atomic mass is 16.5. The van der Waals surface area contributed by atoms with Gasteiger partial charge in [0.1, 0.15) is 5.75 Å². The molecule has 0 bridgehead atoms. The van der Waals surface area contributed by atoms with E-state index >= 15 is 0 Å². The lowest BCUT2D eigenvalue weighted by atomic mass is 9.96. The number of benzene rings is 2. The van der Waals surface area contributed by atoms with Gasteiger partial charge in [0.05, 0.1) is 7.11 Å². The van der Waals surface area contributed by atoms with Gasteiger partial charge in [-0.25, -0.2) is 4.79 Å². The van der Waals surface area contributed by atoms with E-state index in [0.29, 0.717) is 6.54 Å². The number of urea groups is 1. The second kappa shape index (κ2) is 6.43. The Hall–Kier alpha value is -2.49. The van der Waals surface area contributed by atoms with Gasteiger partial charge in [-0.1, -0.05) is 30.3 Å². The Balaban J connectivity index is 1.44. The van der Waals surface area contributed by atoms with Crippen LogP contribution in [0.2, 0.25) is 0 Å². The largest absolute Gasteiger partial charge is 0.497 e. The van der Waals surface area contributed by atoms with Gasteiger partial charge < -0.3 is 10.1 Å². The molecule has 130 valence electrons. The Morgan fingerprint density at radius 2 is 1.92 bits per heavy atom. The fourth-order valence-corrected chi connectivity index (χ4v) is 3.75. The summed E-state index contributed by atoms with van der Waals surface area (Å²) in [6, 6.07) is 16.5. The third kappa shape index (κ3) is 3.09. The number of anilines is 1. The normalized spacial score (nSPS) is 17.6. The molecule has 2 amide bonds. The molecule has 1 saturated carbocycles. The van der Waals surface area contributed by atoms with Crippen LogP contribution in [-0.4, -0.2) is 26.2 Å². The Morgan fingerprint density at radius 1 is 1.16 bits per heavy atom. The minimum Gasteiger partial charge on any atom is -0.497 e. The van der Waals surface area contributed by atoms with Gasteiger partial charge in [0.2, 0.25) is 0 Å². The first-order chi connectivity index (χ1) is 12.2. The third-order valence-corrected chi connectivity index (χ3v) is 5.49. The van der Waals surface area contributed by atoms with Crippen molar-refractivity contribution < 1.29 is 9.53 Å². The number of methoxy groups -OCH3 is 1. The Labute approximate surface area is 148 Å². The van der Waals surface area contributed by atoms with Crippen LogP contribution >= 0.6 is 0 Å². The summed E-state index contributed by atoms with van der Waals surface area (Å²) in [5.74, 6) is 0.869. The van der Waals surface area contributed by atoms with Gasteiger partial charge in [-0.3, -0.25) is 4.90 Å². The van der Waals surface area contributed by atoms with Crippen molar-refractivity contribution in [3.63, 3.8) is 0 Å². The van der Waals surface area contributed by atoms with Crippen molar-refractivity contribution in [2.45, 2.75) is 31.1 Å². The van der Waals surface area contributed by atoms with E-state index in [2.05, 4.69) is 23.5 Å². The first-order valence-corrected chi connectivity index (χ1v) is 9.00. The van der Waals surface area contributed by atoms with Crippen LogP contribution in [0.1, 0.15) is 30.4 Å². The van der Waals surface area contributed by atoms with Gasteiger partial charge >= 0.3 is 6.03 Å². The first kappa shape index (κ1) is 16.0. The monoisotopic (exact) mass is 336 g/mol. The van der Waals surface area contributed by atoms with Crippen molar-refractivity contribution in [3.05, 3.63) is 59.7 Å². The van der Waals surface area contributed by atoms with E-state index in [1.807, 2.05) is 35.2 Å². The summed E-state index contributed by atoms with van der Waals surface area (Å²) in [5, 5.41) is 3.18. The number of carbonyl (C=O) groups is 1. The van der Waals surface area contributed by atoms with Crippen molar-refractivity contribution in [2.24, 2.45) is 0 Å². The van der Waals surface area contributed by atoms with Crippen LogP contribution in [-0.2, 0) is 11.8 Å². The molecule has 0 atom stereocenters. The third-order valence-electron chi connectivity index (χ3n) is 5.49. The molecule has 4 rings (SSSR count). The highest BCUT2D eigenvalue weighted by Crippen LogP contribution is 2.48. The molecule has 2 aromatic carbocycles. The summed E-state index contributed by atoms with van der Waals surface area (Å²) in [4.78, 5) is 14.7. The molecule has 25 heavy (non-hydrogen) atoms. The maximum atomic E-state index is 12.8. The Kier molecular flexibility index (Phi) is 4.12. The highest BCUT2D eigenvalue weighted by Gasteiger charge is 2.44. The van der Waals surface area contributed by atoms with E-state index in [0.717, 1.165) is 43.7 Å². The van der Waals surface area contributed by atoms with Crippen molar-refractivity contribution in [1.29, 1.82) is 0 Å². The zero-order chi connectivity index (χ0) is 17.3. The molecular formula is C21H24N2O2. The van der Waals surface area contributed by atoms with E-state index in [4.69, 9.17) is 4.74 Å². The fraction of sp³-hybridized carbons (Fsp3) is 0.381. The minimum atomic E-state index is 0.0203. The number of carbonyl (C=O) groups excluding carboxylic acids is 1. The van der Waals surface area contributed by atoms with Crippen molar-refractivity contribution >= 4 is 11.7 Å². The SMILES string of the molecule is COc1ccc(C2(CNC(=O)N3CCCc4ccccc43)CC2)cc1. The van der Waals surface area contributed by atoms with Crippen LogP contribution in [0.15, 0.2) is 48.5 Å². The number of hydrogen-bond acceptors (Lipinski definition) is 2. The van der Waals surface area contributed by atoms with Crippen LogP contribution < -0.4 is 15.0 Å². The van der Waals surface area contributed by atoms with Crippen molar-refractivity contribution in [1.82, 2.24) is 5.32 Å². The molecule has 0 spiro atoms. The zero-order valence-corrected chi connectivity index (χ0v) is 14.6. The van der Waals surface area contributed by atoms with E-state index in [9.17, 15) is 4.79 Å². The smallest absolute Gasteiger partial charge is 0.321 e. The highest BCUT2D eigenvalue weighted by molar-refractivity contribution is 5.93. The Morgan fingerprint density at radius 3 is 2.64 bits per heavy atom. The van der Waals surface area contributed by atoms with Gasteiger partial charge in [-0.05, 0) is 55.0 Å².